The van der Waals surface area contributed by atoms with E-state index in [4.69, 9.17) is 11.6 Å². The van der Waals surface area contributed by atoms with Crippen molar-refractivity contribution in [2.75, 3.05) is 0 Å². The van der Waals surface area contributed by atoms with E-state index in [2.05, 4.69) is 18.8 Å². The van der Waals surface area contributed by atoms with Crippen molar-refractivity contribution in [1.82, 2.24) is 4.98 Å². The van der Waals surface area contributed by atoms with Crippen molar-refractivity contribution in [1.29, 1.82) is 0 Å². The summed E-state index contributed by atoms with van der Waals surface area (Å²) in [5, 5.41) is 1.38. The van der Waals surface area contributed by atoms with Crippen molar-refractivity contribution in [3.8, 4) is 0 Å². The Morgan fingerprint density at radius 1 is 1.43 bits per heavy atom. The number of thiazole rings is 1. The molecule has 1 aromatic carbocycles. The van der Waals surface area contributed by atoms with Crippen molar-refractivity contribution in [3.05, 3.63) is 28.0 Å². The van der Waals surface area contributed by atoms with Crippen LogP contribution in [0.4, 0.5) is 4.39 Å². The van der Waals surface area contributed by atoms with Gasteiger partial charge in [0.15, 0.2) is 0 Å². The summed E-state index contributed by atoms with van der Waals surface area (Å²) >= 11 is 7.38. The van der Waals surface area contributed by atoms with E-state index in [1.165, 1.54) is 23.5 Å². The largest absolute Gasteiger partial charge is 0.239 e. The van der Waals surface area contributed by atoms with Gasteiger partial charge in [-0.1, -0.05) is 25.4 Å². The van der Waals surface area contributed by atoms with Gasteiger partial charge in [-0.25, -0.2) is 9.37 Å². The molecule has 14 heavy (non-hydrogen) atoms. The average molecular weight is 230 g/mol. The Hall–Kier alpha value is -0.670. The summed E-state index contributed by atoms with van der Waals surface area (Å²) in [5.74, 6) is 0.0491. The minimum Gasteiger partial charge on any atom is -0.239 e. The van der Waals surface area contributed by atoms with Crippen LogP contribution in [0.2, 0.25) is 5.02 Å². The molecule has 1 nitrogen and oxygen atoms in total. The van der Waals surface area contributed by atoms with Gasteiger partial charge in [-0.05, 0) is 12.1 Å². The maximum atomic E-state index is 13.0. The number of hydrogen-bond donors (Lipinski definition) is 0. The van der Waals surface area contributed by atoms with Crippen LogP contribution in [0.3, 0.4) is 0 Å². The van der Waals surface area contributed by atoms with Crippen molar-refractivity contribution in [3.63, 3.8) is 0 Å². The molecule has 1 heterocycles. The summed E-state index contributed by atoms with van der Waals surface area (Å²) in [6.07, 6.45) is 0. The first-order valence-corrected chi connectivity index (χ1v) is 5.53. The third-order valence-electron chi connectivity index (χ3n) is 1.92. The Morgan fingerprint density at radius 2 is 2.14 bits per heavy atom. The van der Waals surface area contributed by atoms with E-state index in [1.807, 2.05) is 0 Å². The Kier molecular flexibility index (Phi) is 2.45. The summed E-state index contributed by atoms with van der Waals surface area (Å²) < 4.78 is 13.8. The van der Waals surface area contributed by atoms with Crippen LogP contribution in [0, 0.1) is 5.82 Å². The third-order valence-corrected chi connectivity index (χ3v) is 3.51. The quantitative estimate of drug-likeness (QED) is 0.714. The van der Waals surface area contributed by atoms with E-state index in [9.17, 15) is 4.39 Å². The second-order valence-electron chi connectivity index (χ2n) is 3.44. The number of nitrogens with zero attached hydrogens (tertiary/aromatic N) is 1. The second kappa shape index (κ2) is 3.48. The standard InChI is InChI=1S/C10H9ClFNS/c1-5(2)10-13-9-7(11)3-6(12)4-8(9)14-10/h3-5H,1-2H3. The molecule has 2 aromatic rings. The molecule has 0 unspecified atom stereocenters. The zero-order valence-corrected chi connectivity index (χ0v) is 9.42. The lowest BCUT2D eigenvalue weighted by molar-refractivity contribution is 0.630. The zero-order valence-electron chi connectivity index (χ0n) is 7.84. The van der Waals surface area contributed by atoms with Crippen molar-refractivity contribution < 1.29 is 4.39 Å². The molecule has 0 bridgehead atoms. The van der Waals surface area contributed by atoms with E-state index in [0.717, 1.165) is 9.71 Å². The molecule has 0 saturated heterocycles. The molecule has 0 aliphatic carbocycles. The molecular formula is C10H9ClFNS. The molecule has 0 radical (unpaired) electrons. The summed E-state index contributed by atoms with van der Waals surface area (Å²) in [7, 11) is 0. The van der Waals surface area contributed by atoms with Crippen LogP contribution >= 0.6 is 22.9 Å². The van der Waals surface area contributed by atoms with E-state index >= 15 is 0 Å². The van der Waals surface area contributed by atoms with Crippen LogP contribution < -0.4 is 0 Å². The van der Waals surface area contributed by atoms with E-state index < -0.39 is 0 Å². The third kappa shape index (κ3) is 1.62. The van der Waals surface area contributed by atoms with Crippen molar-refractivity contribution >= 4 is 33.2 Å². The minimum atomic E-state index is -0.304. The van der Waals surface area contributed by atoms with E-state index in [1.54, 1.807) is 0 Å². The van der Waals surface area contributed by atoms with Gasteiger partial charge in [0.2, 0.25) is 0 Å². The maximum Gasteiger partial charge on any atom is 0.126 e. The Balaban J connectivity index is 2.70. The molecule has 0 aliphatic heterocycles. The number of rotatable bonds is 1. The van der Waals surface area contributed by atoms with Crippen molar-refractivity contribution in [2.45, 2.75) is 19.8 Å². The van der Waals surface area contributed by atoms with Gasteiger partial charge >= 0.3 is 0 Å². The molecule has 0 fully saturated rings. The fourth-order valence-corrected chi connectivity index (χ4v) is 2.55. The molecule has 0 atom stereocenters. The molecule has 0 saturated carbocycles. The van der Waals surface area contributed by atoms with Crippen LogP contribution in [-0.2, 0) is 0 Å². The first-order chi connectivity index (χ1) is 6.58. The number of halogens is 2. The summed E-state index contributed by atoms with van der Waals surface area (Å²) in [4.78, 5) is 4.37. The first-order valence-electron chi connectivity index (χ1n) is 4.33. The molecule has 0 N–H and O–H groups in total. The van der Waals surface area contributed by atoms with Gasteiger partial charge in [-0.3, -0.25) is 0 Å². The van der Waals surface area contributed by atoms with Gasteiger partial charge in [-0.15, -0.1) is 11.3 Å². The fraction of sp³-hybridized carbons (Fsp3) is 0.300. The first kappa shape index (κ1) is 9.87. The molecule has 2 rings (SSSR count). The van der Waals surface area contributed by atoms with Gasteiger partial charge in [0.1, 0.15) is 11.3 Å². The van der Waals surface area contributed by atoms with Gasteiger partial charge in [0.05, 0.1) is 14.7 Å². The highest BCUT2D eigenvalue weighted by molar-refractivity contribution is 7.18. The number of aromatic nitrogens is 1. The highest BCUT2D eigenvalue weighted by Gasteiger charge is 2.11. The highest BCUT2D eigenvalue weighted by atomic mass is 35.5. The summed E-state index contributed by atoms with van der Waals surface area (Å²) in [6, 6.07) is 2.78. The molecular weight excluding hydrogens is 221 g/mol. The average Bonchev–Trinajstić information content (AvgIpc) is 2.47. The second-order valence-corrected chi connectivity index (χ2v) is 4.91. The predicted molar refractivity (Wildman–Crippen MR) is 58.7 cm³/mol. The highest BCUT2D eigenvalue weighted by Crippen LogP contribution is 2.32. The summed E-state index contributed by atoms with van der Waals surface area (Å²) in [5.41, 5.74) is 0.710. The normalized spacial score (nSPS) is 11.5. The molecule has 4 heteroatoms. The van der Waals surface area contributed by atoms with Gasteiger partial charge < -0.3 is 0 Å². The molecule has 74 valence electrons. The minimum absolute atomic E-state index is 0.304. The number of hydrogen-bond acceptors (Lipinski definition) is 2. The molecule has 0 amide bonds. The SMILES string of the molecule is CC(C)c1nc2c(Cl)cc(F)cc2s1. The Bertz CT molecular complexity index is 478. The van der Waals surface area contributed by atoms with Gasteiger partial charge in [-0.2, -0.15) is 0 Å². The Morgan fingerprint density at radius 3 is 2.79 bits per heavy atom. The van der Waals surface area contributed by atoms with Gasteiger partial charge in [0, 0.05) is 5.92 Å². The van der Waals surface area contributed by atoms with Crippen LogP contribution in [-0.4, -0.2) is 4.98 Å². The van der Waals surface area contributed by atoms with Crippen LogP contribution in [0.25, 0.3) is 10.2 Å². The molecule has 0 spiro atoms. The predicted octanol–water partition coefficient (Wildman–Crippen LogP) is 4.21. The van der Waals surface area contributed by atoms with Crippen LogP contribution in [0.1, 0.15) is 24.8 Å². The van der Waals surface area contributed by atoms with E-state index in [-0.39, 0.29) is 5.82 Å². The van der Waals surface area contributed by atoms with Crippen molar-refractivity contribution in [2.24, 2.45) is 0 Å². The van der Waals surface area contributed by atoms with Crippen LogP contribution in [0.15, 0.2) is 12.1 Å². The monoisotopic (exact) mass is 229 g/mol. The Labute approximate surface area is 90.5 Å². The number of benzene rings is 1. The van der Waals surface area contributed by atoms with Gasteiger partial charge in [0.25, 0.3) is 0 Å². The maximum absolute atomic E-state index is 13.0. The fourth-order valence-electron chi connectivity index (χ4n) is 1.22. The van der Waals surface area contributed by atoms with Crippen LogP contribution in [0.5, 0.6) is 0 Å². The van der Waals surface area contributed by atoms with E-state index in [0.29, 0.717) is 16.5 Å². The molecule has 0 aliphatic rings. The smallest absolute Gasteiger partial charge is 0.126 e. The number of fused-ring (bicyclic) bond motifs is 1. The lowest BCUT2D eigenvalue weighted by Gasteiger charge is -1.94. The lowest BCUT2D eigenvalue weighted by Crippen LogP contribution is -1.83. The zero-order chi connectivity index (χ0) is 10.3. The lowest BCUT2D eigenvalue weighted by atomic mass is 10.2. The molecule has 1 aromatic heterocycles. The summed E-state index contributed by atoms with van der Waals surface area (Å²) in [6.45, 7) is 4.12. The topological polar surface area (TPSA) is 12.9 Å².